The molecular formula is C29H29Cl2N9. The van der Waals surface area contributed by atoms with E-state index >= 15 is 0 Å². The van der Waals surface area contributed by atoms with E-state index in [-0.39, 0.29) is 11.9 Å². The SMILES string of the molecule is Cc1cccc(-c2cc(Cl)nc(N)n2)c1C.Cc1cccc(-c2cc(NCc3cnc(Cl)cn3)nc(N)n2)c1C. The van der Waals surface area contributed by atoms with Crippen LogP contribution in [-0.2, 0) is 6.54 Å². The lowest BCUT2D eigenvalue weighted by molar-refractivity contribution is 0.994. The lowest BCUT2D eigenvalue weighted by atomic mass is 10.0. The quantitative estimate of drug-likeness (QED) is 0.203. The van der Waals surface area contributed by atoms with Crippen LogP contribution in [0.1, 0.15) is 27.9 Å². The standard InChI is InChI=1S/C17H17ClN6.C12H12ClN3/c1-10-4-3-5-13(11(10)2)14-6-16(24-17(19)23-14)22-8-12-7-21-15(18)9-20-12;1-7-4-3-5-9(8(7)2)10-6-11(13)16-12(14)15-10/h3-7,9H,8H2,1-2H3,(H3,19,22,23,24);3-6H,1-2H3,(H2,14,15,16). The van der Waals surface area contributed by atoms with Crippen molar-refractivity contribution >= 4 is 40.9 Å². The second-order valence-corrected chi connectivity index (χ2v) is 9.88. The minimum Gasteiger partial charge on any atom is -0.368 e. The topological polar surface area (TPSA) is 141 Å². The Morgan fingerprint density at radius 3 is 1.80 bits per heavy atom. The van der Waals surface area contributed by atoms with Gasteiger partial charge in [0, 0.05) is 23.3 Å². The van der Waals surface area contributed by atoms with Crippen LogP contribution < -0.4 is 16.8 Å². The first-order valence-corrected chi connectivity index (χ1v) is 13.1. The molecule has 5 N–H and O–H groups in total. The minimum atomic E-state index is 0.198. The molecule has 5 aromatic rings. The zero-order chi connectivity index (χ0) is 28.8. The van der Waals surface area contributed by atoms with E-state index in [9.17, 15) is 0 Å². The molecule has 0 aliphatic rings. The van der Waals surface area contributed by atoms with Crippen LogP contribution in [0.4, 0.5) is 17.7 Å². The van der Waals surface area contributed by atoms with Gasteiger partial charge in [-0.1, -0.05) is 59.6 Å². The number of nitrogens with one attached hydrogen (secondary N) is 1. The van der Waals surface area contributed by atoms with Gasteiger partial charge in [0.25, 0.3) is 0 Å². The van der Waals surface area contributed by atoms with Gasteiger partial charge in [0.1, 0.15) is 16.1 Å². The van der Waals surface area contributed by atoms with Gasteiger partial charge in [0.05, 0.1) is 36.0 Å². The van der Waals surface area contributed by atoms with Crippen LogP contribution in [-0.4, -0.2) is 29.9 Å². The summed E-state index contributed by atoms with van der Waals surface area (Å²) in [6, 6.07) is 15.8. The Hall–Kier alpha value is -4.34. The molecule has 0 aliphatic heterocycles. The zero-order valence-corrected chi connectivity index (χ0v) is 24.1. The van der Waals surface area contributed by atoms with Gasteiger partial charge in [0.2, 0.25) is 11.9 Å². The van der Waals surface area contributed by atoms with E-state index in [0.717, 1.165) is 28.2 Å². The van der Waals surface area contributed by atoms with Gasteiger partial charge in [-0.3, -0.25) is 4.98 Å². The van der Waals surface area contributed by atoms with E-state index in [1.165, 1.54) is 28.5 Å². The fourth-order valence-electron chi connectivity index (χ4n) is 3.94. The van der Waals surface area contributed by atoms with Crippen molar-refractivity contribution in [2.24, 2.45) is 0 Å². The number of nitrogen functional groups attached to an aromatic ring is 2. The molecule has 0 radical (unpaired) electrons. The van der Waals surface area contributed by atoms with E-state index in [1.54, 1.807) is 12.3 Å². The summed E-state index contributed by atoms with van der Waals surface area (Å²) in [5, 5.41) is 3.92. The monoisotopic (exact) mass is 573 g/mol. The Kier molecular flexibility index (Phi) is 9.08. The molecule has 0 spiro atoms. The molecule has 0 unspecified atom stereocenters. The van der Waals surface area contributed by atoms with Crippen molar-refractivity contribution in [3.05, 3.63) is 99.2 Å². The van der Waals surface area contributed by atoms with Gasteiger partial charge in [0.15, 0.2) is 0 Å². The highest BCUT2D eigenvalue weighted by molar-refractivity contribution is 6.29. The molecule has 0 aliphatic carbocycles. The van der Waals surface area contributed by atoms with Gasteiger partial charge in [-0.25, -0.2) is 19.9 Å². The summed E-state index contributed by atoms with van der Waals surface area (Å²) in [7, 11) is 0. The fourth-order valence-corrected chi connectivity index (χ4v) is 4.22. The lowest BCUT2D eigenvalue weighted by Gasteiger charge is -2.11. The van der Waals surface area contributed by atoms with E-state index < -0.39 is 0 Å². The van der Waals surface area contributed by atoms with Gasteiger partial charge >= 0.3 is 0 Å². The molecule has 204 valence electrons. The molecule has 2 aromatic carbocycles. The van der Waals surface area contributed by atoms with Crippen LogP contribution in [0.5, 0.6) is 0 Å². The maximum absolute atomic E-state index is 5.87. The van der Waals surface area contributed by atoms with Crippen LogP contribution in [0, 0.1) is 27.7 Å². The van der Waals surface area contributed by atoms with Crippen LogP contribution in [0.3, 0.4) is 0 Å². The summed E-state index contributed by atoms with van der Waals surface area (Å²) in [5.41, 5.74) is 20.6. The third kappa shape index (κ3) is 7.19. The lowest BCUT2D eigenvalue weighted by Crippen LogP contribution is -2.07. The molecule has 3 heterocycles. The second kappa shape index (κ2) is 12.7. The van der Waals surface area contributed by atoms with Crippen molar-refractivity contribution in [1.29, 1.82) is 0 Å². The Balaban J connectivity index is 0.000000201. The first-order chi connectivity index (χ1) is 19.1. The van der Waals surface area contributed by atoms with E-state index in [0.29, 0.717) is 22.7 Å². The number of benzene rings is 2. The number of hydrogen-bond acceptors (Lipinski definition) is 9. The van der Waals surface area contributed by atoms with Crippen molar-refractivity contribution < 1.29 is 0 Å². The molecule has 5 rings (SSSR count). The molecule has 11 heteroatoms. The summed E-state index contributed by atoms with van der Waals surface area (Å²) < 4.78 is 0. The Morgan fingerprint density at radius 2 is 1.25 bits per heavy atom. The summed E-state index contributed by atoms with van der Waals surface area (Å²) in [4.78, 5) is 24.8. The largest absolute Gasteiger partial charge is 0.368 e. The van der Waals surface area contributed by atoms with Crippen LogP contribution >= 0.6 is 23.2 Å². The number of halogens is 2. The summed E-state index contributed by atoms with van der Waals surface area (Å²) in [6.07, 6.45) is 3.12. The Labute approximate surface area is 243 Å². The number of nitrogens with zero attached hydrogens (tertiary/aromatic N) is 6. The van der Waals surface area contributed by atoms with Crippen molar-refractivity contribution in [2.45, 2.75) is 34.2 Å². The molecule has 0 saturated heterocycles. The first kappa shape index (κ1) is 28.7. The normalized spacial score (nSPS) is 10.6. The van der Waals surface area contributed by atoms with Gasteiger partial charge in [-0.2, -0.15) is 4.98 Å². The smallest absolute Gasteiger partial charge is 0.222 e. The highest BCUT2D eigenvalue weighted by Crippen LogP contribution is 2.27. The number of aromatic nitrogens is 6. The summed E-state index contributed by atoms with van der Waals surface area (Å²) in [5.74, 6) is 1.05. The van der Waals surface area contributed by atoms with Crippen molar-refractivity contribution in [3.8, 4) is 22.5 Å². The molecule has 0 atom stereocenters. The fraction of sp³-hybridized carbons (Fsp3) is 0.172. The summed E-state index contributed by atoms with van der Waals surface area (Å²) in [6.45, 7) is 8.72. The van der Waals surface area contributed by atoms with Gasteiger partial charge < -0.3 is 16.8 Å². The van der Waals surface area contributed by atoms with E-state index in [1.807, 2.05) is 30.3 Å². The average Bonchev–Trinajstić information content (AvgIpc) is 2.91. The molecule has 0 bridgehead atoms. The zero-order valence-electron chi connectivity index (χ0n) is 22.6. The van der Waals surface area contributed by atoms with Crippen molar-refractivity contribution in [2.75, 3.05) is 16.8 Å². The van der Waals surface area contributed by atoms with Crippen LogP contribution in [0.2, 0.25) is 10.3 Å². The number of nitrogens with two attached hydrogens (primary N) is 2. The first-order valence-electron chi connectivity index (χ1n) is 12.4. The number of hydrogen-bond donors (Lipinski definition) is 3. The number of aryl methyl sites for hydroxylation is 2. The molecular weight excluding hydrogens is 545 g/mol. The number of anilines is 3. The highest BCUT2D eigenvalue weighted by atomic mass is 35.5. The summed E-state index contributed by atoms with van der Waals surface area (Å²) >= 11 is 11.6. The third-order valence-electron chi connectivity index (χ3n) is 6.34. The third-order valence-corrected chi connectivity index (χ3v) is 6.73. The van der Waals surface area contributed by atoms with Crippen LogP contribution in [0.15, 0.2) is 60.9 Å². The Bertz CT molecular complexity index is 1620. The maximum atomic E-state index is 5.87. The molecule has 3 aromatic heterocycles. The second-order valence-electron chi connectivity index (χ2n) is 9.11. The van der Waals surface area contributed by atoms with Gasteiger partial charge in [-0.15, -0.1) is 0 Å². The van der Waals surface area contributed by atoms with Crippen molar-refractivity contribution in [1.82, 2.24) is 29.9 Å². The number of rotatable bonds is 5. The van der Waals surface area contributed by atoms with E-state index in [2.05, 4.69) is 75.0 Å². The van der Waals surface area contributed by atoms with Gasteiger partial charge in [-0.05, 0) is 49.9 Å². The average molecular weight is 575 g/mol. The predicted molar refractivity (Wildman–Crippen MR) is 162 cm³/mol. The molecule has 9 nitrogen and oxygen atoms in total. The minimum absolute atomic E-state index is 0.198. The van der Waals surface area contributed by atoms with Crippen LogP contribution in [0.25, 0.3) is 22.5 Å². The molecule has 0 fully saturated rings. The Morgan fingerprint density at radius 1 is 0.675 bits per heavy atom. The molecule has 0 saturated carbocycles. The molecule has 0 amide bonds. The maximum Gasteiger partial charge on any atom is 0.222 e. The molecule has 40 heavy (non-hydrogen) atoms. The highest BCUT2D eigenvalue weighted by Gasteiger charge is 2.10. The predicted octanol–water partition coefficient (Wildman–Crippen LogP) is 6.39. The van der Waals surface area contributed by atoms with E-state index in [4.69, 9.17) is 34.7 Å². The van der Waals surface area contributed by atoms with Crippen molar-refractivity contribution in [3.63, 3.8) is 0 Å².